The Morgan fingerprint density at radius 1 is 1.05 bits per heavy atom. The SMILES string of the molecule is C[C@H](CC(=O)OC(C)(C)C)[C@H](Nc1nc(Nc2ccc3c(c2)c(N(C)C)nn3C)c(C(N)=O)cc1F)c1cc(F)cc(F)c1. The van der Waals surface area contributed by atoms with Crippen LogP contribution in [0.5, 0.6) is 0 Å². The van der Waals surface area contributed by atoms with Gasteiger partial charge in [0.05, 0.1) is 23.5 Å². The van der Waals surface area contributed by atoms with Gasteiger partial charge in [-0.25, -0.2) is 18.2 Å². The molecular formula is C31H36F3N7O3. The van der Waals surface area contributed by atoms with Gasteiger partial charge in [0, 0.05) is 38.3 Å². The average molecular weight is 612 g/mol. The predicted molar refractivity (Wildman–Crippen MR) is 163 cm³/mol. The van der Waals surface area contributed by atoms with Crippen molar-refractivity contribution < 1.29 is 27.5 Å². The molecule has 2 heterocycles. The van der Waals surface area contributed by atoms with Crippen LogP contribution in [0.2, 0.25) is 0 Å². The highest BCUT2D eigenvalue weighted by molar-refractivity contribution is 5.99. The Morgan fingerprint density at radius 2 is 1.70 bits per heavy atom. The molecule has 234 valence electrons. The molecule has 2 aromatic carbocycles. The van der Waals surface area contributed by atoms with E-state index < -0.39 is 46.9 Å². The van der Waals surface area contributed by atoms with Gasteiger partial charge in [-0.1, -0.05) is 6.92 Å². The predicted octanol–water partition coefficient (Wildman–Crippen LogP) is 5.82. The summed E-state index contributed by atoms with van der Waals surface area (Å²) in [5.41, 5.74) is 6.08. The Labute approximate surface area is 253 Å². The minimum absolute atomic E-state index is 0.0555. The van der Waals surface area contributed by atoms with E-state index in [4.69, 9.17) is 10.5 Å². The molecule has 0 unspecified atom stereocenters. The largest absolute Gasteiger partial charge is 0.460 e. The standard InChI is InChI=1S/C31H36F3N7O3/c1-16(10-25(42)44-31(2,3)4)26(17-11-18(32)13-19(33)12-17)37-29-23(34)15-22(27(35)43)28(38-29)36-20-8-9-24-21(14-20)30(40(5)6)39-41(24)7/h8-9,11-16,26H,10H2,1-7H3,(H2,35,43)(H2,36,37,38)/t16-,26+/m1/s1. The first kappa shape index (κ1) is 32.1. The number of halogens is 3. The molecule has 1 amide bonds. The number of benzene rings is 2. The van der Waals surface area contributed by atoms with Crippen molar-refractivity contribution in [1.82, 2.24) is 14.8 Å². The number of carbonyl (C=O) groups is 2. The monoisotopic (exact) mass is 611 g/mol. The fraction of sp³-hybridized carbons (Fsp3) is 0.355. The molecule has 10 nitrogen and oxygen atoms in total. The number of pyridine rings is 1. The molecule has 0 saturated carbocycles. The van der Waals surface area contributed by atoms with Crippen LogP contribution < -0.4 is 21.3 Å². The second-order valence-electron chi connectivity index (χ2n) is 11.9. The number of carbonyl (C=O) groups excluding carboxylic acids is 2. The molecule has 0 aliphatic rings. The summed E-state index contributed by atoms with van der Waals surface area (Å²) in [6.45, 7) is 6.81. The Morgan fingerprint density at radius 3 is 2.30 bits per heavy atom. The van der Waals surface area contributed by atoms with Gasteiger partial charge in [0.1, 0.15) is 23.1 Å². The van der Waals surface area contributed by atoms with Crippen molar-refractivity contribution in [1.29, 1.82) is 0 Å². The van der Waals surface area contributed by atoms with Gasteiger partial charge in [0.2, 0.25) is 0 Å². The fourth-order valence-corrected chi connectivity index (χ4v) is 4.89. The van der Waals surface area contributed by atoms with Crippen LogP contribution in [0.1, 0.15) is 56.1 Å². The summed E-state index contributed by atoms with van der Waals surface area (Å²) in [4.78, 5) is 31.1. The number of nitrogens with zero attached hydrogens (tertiary/aromatic N) is 4. The number of rotatable bonds is 10. The third kappa shape index (κ3) is 7.39. The van der Waals surface area contributed by atoms with Crippen LogP contribution in [0.15, 0.2) is 42.5 Å². The molecule has 4 aromatic rings. The van der Waals surface area contributed by atoms with Crippen molar-refractivity contribution in [3.63, 3.8) is 0 Å². The maximum atomic E-state index is 15.4. The number of primary amides is 1. The second kappa shape index (κ2) is 12.4. The molecule has 0 saturated heterocycles. The van der Waals surface area contributed by atoms with Gasteiger partial charge in [0.15, 0.2) is 17.5 Å². The number of aryl methyl sites for hydroxylation is 1. The summed E-state index contributed by atoms with van der Waals surface area (Å²) in [7, 11) is 5.53. The van der Waals surface area contributed by atoms with E-state index in [1.165, 1.54) is 0 Å². The van der Waals surface area contributed by atoms with Crippen molar-refractivity contribution in [3.8, 4) is 0 Å². The number of nitrogens with one attached hydrogen (secondary N) is 2. The van der Waals surface area contributed by atoms with Gasteiger partial charge in [-0.3, -0.25) is 14.3 Å². The normalized spacial score (nSPS) is 13.0. The zero-order valence-corrected chi connectivity index (χ0v) is 25.6. The molecule has 0 aliphatic carbocycles. The first-order valence-electron chi connectivity index (χ1n) is 13.9. The number of nitrogens with two attached hydrogens (primary N) is 1. The minimum atomic E-state index is -0.989. The molecule has 0 spiro atoms. The summed E-state index contributed by atoms with van der Waals surface area (Å²) in [5, 5.41) is 11.3. The van der Waals surface area contributed by atoms with E-state index in [9.17, 15) is 18.4 Å². The van der Waals surface area contributed by atoms with Crippen LogP contribution in [0.3, 0.4) is 0 Å². The number of aromatic nitrogens is 3. The summed E-state index contributed by atoms with van der Waals surface area (Å²) in [5.74, 6) is -4.43. The Kier molecular flexibility index (Phi) is 9.07. The topological polar surface area (TPSA) is 127 Å². The lowest BCUT2D eigenvalue weighted by atomic mass is 9.91. The van der Waals surface area contributed by atoms with Crippen molar-refractivity contribution >= 4 is 45.9 Å². The molecule has 44 heavy (non-hydrogen) atoms. The Balaban J connectivity index is 1.74. The lowest BCUT2D eigenvalue weighted by molar-refractivity contribution is -0.155. The van der Waals surface area contributed by atoms with E-state index in [0.717, 1.165) is 29.1 Å². The second-order valence-corrected chi connectivity index (χ2v) is 11.9. The maximum Gasteiger partial charge on any atom is 0.306 e. The van der Waals surface area contributed by atoms with Gasteiger partial charge in [0.25, 0.3) is 5.91 Å². The molecule has 13 heteroatoms. The van der Waals surface area contributed by atoms with E-state index in [0.29, 0.717) is 17.6 Å². The van der Waals surface area contributed by atoms with Crippen molar-refractivity contribution in [2.45, 2.75) is 45.8 Å². The van der Waals surface area contributed by atoms with Crippen LogP contribution in [0, 0.1) is 23.4 Å². The maximum absolute atomic E-state index is 15.4. The molecule has 0 aliphatic heterocycles. The van der Waals surface area contributed by atoms with Crippen LogP contribution in [-0.2, 0) is 16.6 Å². The summed E-state index contributed by atoms with van der Waals surface area (Å²) in [6, 6.07) is 8.21. The van der Waals surface area contributed by atoms with Crippen LogP contribution in [0.4, 0.5) is 36.3 Å². The molecule has 0 fully saturated rings. The molecule has 2 atom stereocenters. The number of esters is 1. The quantitative estimate of drug-likeness (QED) is 0.192. The number of hydrogen-bond acceptors (Lipinski definition) is 8. The fourth-order valence-electron chi connectivity index (χ4n) is 4.89. The van der Waals surface area contributed by atoms with Gasteiger partial charge in [-0.2, -0.15) is 5.10 Å². The van der Waals surface area contributed by atoms with Gasteiger partial charge in [-0.05, 0) is 68.7 Å². The highest BCUT2D eigenvalue weighted by atomic mass is 19.1. The third-order valence-electron chi connectivity index (χ3n) is 6.77. The smallest absolute Gasteiger partial charge is 0.306 e. The van der Waals surface area contributed by atoms with E-state index in [2.05, 4.69) is 20.7 Å². The van der Waals surface area contributed by atoms with Gasteiger partial charge in [-0.15, -0.1) is 0 Å². The van der Waals surface area contributed by atoms with E-state index in [1.54, 1.807) is 38.4 Å². The van der Waals surface area contributed by atoms with E-state index in [1.807, 2.05) is 38.2 Å². The minimum Gasteiger partial charge on any atom is -0.460 e. The van der Waals surface area contributed by atoms with Crippen molar-refractivity contribution in [2.75, 3.05) is 29.6 Å². The highest BCUT2D eigenvalue weighted by Crippen LogP contribution is 2.34. The van der Waals surface area contributed by atoms with Crippen molar-refractivity contribution in [3.05, 3.63) is 71.0 Å². The molecule has 2 aromatic heterocycles. The van der Waals surface area contributed by atoms with E-state index >= 15 is 4.39 Å². The molecular weight excluding hydrogens is 575 g/mol. The summed E-state index contributed by atoms with van der Waals surface area (Å²) >= 11 is 0. The number of hydrogen-bond donors (Lipinski definition) is 3. The molecule has 4 rings (SSSR count). The highest BCUT2D eigenvalue weighted by Gasteiger charge is 2.28. The molecule has 4 N–H and O–H groups in total. The average Bonchev–Trinajstić information content (AvgIpc) is 3.22. The molecule has 0 bridgehead atoms. The lowest BCUT2D eigenvalue weighted by Crippen LogP contribution is -2.28. The van der Waals surface area contributed by atoms with Gasteiger partial charge >= 0.3 is 5.97 Å². The zero-order chi connectivity index (χ0) is 32.5. The Hall–Kier alpha value is -4.81. The van der Waals surface area contributed by atoms with Crippen molar-refractivity contribution in [2.24, 2.45) is 18.7 Å². The summed E-state index contributed by atoms with van der Waals surface area (Å²) < 4.78 is 51.2. The number of anilines is 4. The zero-order valence-electron chi connectivity index (χ0n) is 25.6. The number of fused-ring (bicyclic) bond motifs is 1. The van der Waals surface area contributed by atoms with Crippen LogP contribution >= 0.6 is 0 Å². The number of amides is 1. The molecule has 0 radical (unpaired) electrons. The Bertz CT molecular complexity index is 1700. The number of ether oxygens (including phenoxy) is 1. The van der Waals surface area contributed by atoms with Crippen LogP contribution in [-0.4, -0.2) is 46.3 Å². The lowest BCUT2D eigenvalue weighted by Gasteiger charge is -2.28. The van der Waals surface area contributed by atoms with Gasteiger partial charge < -0.3 is 26.0 Å². The third-order valence-corrected chi connectivity index (χ3v) is 6.77. The van der Waals surface area contributed by atoms with Crippen LogP contribution in [0.25, 0.3) is 10.9 Å². The first-order valence-corrected chi connectivity index (χ1v) is 13.9. The first-order chi connectivity index (χ1) is 20.5. The summed E-state index contributed by atoms with van der Waals surface area (Å²) in [6.07, 6.45) is -0.154. The van der Waals surface area contributed by atoms with E-state index in [-0.39, 0.29) is 29.2 Å².